The minimum atomic E-state index is 0.00489. The van der Waals surface area contributed by atoms with Crippen LogP contribution >= 0.6 is 23.4 Å². The standard InChI is InChI=1S/C17H18ClNO2S/c1-13-2-8-16(9-3-13)22-12-17(20)19-10-11-21-15-6-4-14(18)5-7-15/h2-9H,10-12H2,1H3,(H,19,20). The van der Waals surface area contributed by atoms with Gasteiger partial charge in [-0.25, -0.2) is 0 Å². The third kappa shape index (κ3) is 6.00. The first kappa shape index (κ1) is 16.7. The highest BCUT2D eigenvalue weighted by molar-refractivity contribution is 8.00. The third-order valence-electron chi connectivity index (χ3n) is 2.90. The van der Waals surface area contributed by atoms with Crippen molar-refractivity contribution in [1.82, 2.24) is 5.32 Å². The Labute approximate surface area is 140 Å². The molecule has 2 aromatic carbocycles. The summed E-state index contributed by atoms with van der Waals surface area (Å²) in [6, 6.07) is 15.3. The fourth-order valence-electron chi connectivity index (χ4n) is 1.72. The van der Waals surface area contributed by atoms with Crippen molar-refractivity contribution >= 4 is 29.3 Å². The van der Waals surface area contributed by atoms with Gasteiger partial charge < -0.3 is 10.1 Å². The van der Waals surface area contributed by atoms with Gasteiger partial charge in [0, 0.05) is 9.92 Å². The van der Waals surface area contributed by atoms with E-state index in [1.54, 1.807) is 24.3 Å². The van der Waals surface area contributed by atoms with Crippen LogP contribution in [0.3, 0.4) is 0 Å². The molecule has 0 atom stereocenters. The molecule has 0 heterocycles. The highest BCUT2D eigenvalue weighted by Gasteiger charge is 2.02. The molecule has 0 aromatic heterocycles. The van der Waals surface area contributed by atoms with Gasteiger partial charge in [0.1, 0.15) is 12.4 Å². The third-order valence-corrected chi connectivity index (χ3v) is 4.16. The monoisotopic (exact) mass is 335 g/mol. The van der Waals surface area contributed by atoms with E-state index in [2.05, 4.69) is 5.32 Å². The quantitative estimate of drug-likeness (QED) is 0.615. The lowest BCUT2D eigenvalue weighted by atomic mass is 10.2. The van der Waals surface area contributed by atoms with Crippen LogP contribution in [0, 0.1) is 6.92 Å². The molecule has 0 saturated heterocycles. The normalized spacial score (nSPS) is 10.3. The first-order valence-corrected chi connectivity index (χ1v) is 8.34. The molecule has 0 spiro atoms. The summed E-state index contributed by atoms with van der Waals surface area (Å²) in [6.45, 7) is 2.96. The van der Waals surface area contributed by atoms with Gasteiger partial charge in [-0.05, 0) is 43.3 Å². The SMILES string of the molecule is Cc1ccc(SCC(=O)NCCOc2ccc(Cl)cc2)cc1. The van der Waals surface area contributed by atoms with E-state index in [9.17, 15) is 4.79 Å². The summed E-state index contributed by atoms with van der Waals surface area (Å²) in [6.07, 6.45) is 0. The zero-order chi connectivity index (χ0) is 15.8. The van der Waals surface area contributed by atoms with Gasteiger partial charge in [0.25, 0.3) is 0 Å². The van der Waals surface area contributed by atoms with E-state index in [-0.39, 0.29) is 5.91 Å². The molecule has 0 radical (unpaired) electrons. The Kier molecular flexibility index (Phi) is 6.62. The van der Waals surface area contributed by atoms with Gasteiger partial charge in [0.15, 0.2) is 0 Å². The first-order chi connectivity index (χ1) is 10.6. The van der Waals surface area contributed by atoms with Crippen LogP contribution in [0.4, 0.5) is 0 Å². The van der Waals surface area contributed by atoms with Gasteiger partial charge in [0.2, 0.25) is 5.91 Å². The number of ether oxygens (including phenoxy) is 1. The molecule has 22 heavy (non-hydrogen) atoms. The molecule has 0 aliphatic carbocycles. The number of hydrogen-bond donors (Lipinski definition) is 1. The van der Waals surface area contributed by atoms with Crippen molar-refractivity contribution in [2.75, 3.05) is 18.9 Å². The molecule has 0 fully saturated rings. The van der Waals surface area contributed by atoms with E-state index in [4.69, 9.17) is 16.3 Å². The number of nitrogens with one attached hydrogen (secondary N) is 1. The van der Waals surface area contributed by atoms with Crippen LogP contribution in [0.15, 0.2) is 53.4 Å². The van der Waals surface area contributed by atoms with Crippen molar-refractivity contribution in [1.29, 1.82) is 0 Å². The summed E-state index contributed by atoms with van der Waals surface area (Å²) in [7, 11) is 0. The fourth-order valence-corrected chi connectivity index (χ4v) is 2.58. The molecular formula is C17H18ClNO2S. The molecule has 116 valence electrons. The summed E-state index contributed by atoms with van der Waals surface area (Å²) in [5, 5.41) is 3.51. The van der Waals surface area contributed by atoms with Crippen LogP contribution in [0.2, 0.25) is 5.02 Å². The average Bonchev–Trinajstić information content (AvgIpc) is 2.53. The van der Waals surface area contributed by atoms with Gasteiger partial charge >= 0.3 is 0 Å². The number of amides is 1. The number of rotatable bonds is 7. The smallest absolute Gasteiger partial charge is 0.230 e. The Balaban J connectivity index is 1.61. The summed E-state index contributed by atoms with van der Waals surface area (Å²) >= 11 is 7.32. The fraction of sp³-hybridized carbons (Fsp3) is 0.235. The van der Waals surface area contributed by atoms with Gasteiger partial charge in [0.05, 0.1) is 12.3 Å². The Bertz CT molecular complexity index is 599. The van der Waals surface area contributed by atoms with Crippen molar-refractivity contribution in [2.45, 2.75) is 11.8 Å². The number of carbonyl (C=O) groups is 1. The number of thioether (sulfide) groups is 1. The number of halogens is 1. The minimum absolute atomic E-state index is 0.00489. The molecule has 0 aliphatic rings. The molecule has 3 nitrogen and oxygen atoms in total. The van der Waals surface area contributed by atoms with E-state index in [1.807, 2.05) is 31.2 Å². The van der Waals surface area contributed by atoms with E-state index in [1.165, 1.54) is 17.3 Å². The van der Waals surface area contributed by atoms with Crippen molar-refractivity contribution in [3.8, 4) is 5.75 Å². The maximum atomic E-state index is 11.7. The lowest BCUT2D eigenvalue weighted by Gasteiger charge is -2.08. The molecule has 0 unspecified atom stereocenters. The van der Waals surface area contributed by atoms with Crippen molar-refractivity contribution in [3.05, 3.63) is 59.1 Å². The number of aryl methyl sites for hydroxylation is 1. The average molecular weight is 336 g/mol. The number of hydrogen-bond acceptors (Lipinski definition) is 3. The summed E-state index contributed by atoms with van der Waals surface area (Å²) in [5.41, 5.74) is 1.22. The van der Waals surface area contributed by atoms with E-state index >= 15 is 0 Å². The highest BCUT2D eigenvalue weighted by Crippen LogP contribution is 2.18. The zero-order valence-corrected chi connectivity index (χ0v) is 13.9. The van der Waals surface area contributed by atoms with E-state index in [0.717, 1.165) is 10.6 Å². The molecule has 0 saturated carbocycles. The van der Waals surface area contributed by atoms with Gasteiger partial charge in [-0.3, -0.25) is 4.79 Å². The van der Waals surface area contributed by atoms with Crippen LogP contribution in [0.25, 0.3) is 0 Å². The summed E-state index contributed by atoms with van der Waals surface area (Å²) in [4.78, 5) is 12.8. The Hall–Kier alpha value is -1.65. The maximum absolute atomic E-state index is 11.7. The summed E-state index contributed by atoms with van der Waals surface area (Å²) < 4.78 is 5.51. The molecule has 5 heteroatoms. The second kappa shape index (κ2) is 8.71. The van der Waals surface area contributed by atoms with Crippen molar-refractivity contribution in [2.24, 2.45) is 0 Å². The molecule has 1 N–H and O–H groups in total. The Morgan fingerprint density at radius 1 is 1.14 bits per heavy atom. The van der Waals surface area contributed by atoms with Crippen LogP contribution in [-0.2, 0) is 4.79 Å². The summed E-state index contributed by atoms with van der Waals surface area (Å²) in [5.74, 6) is 1.15. The molecule has 0 aliphatic heterocycles. The second-order valence-corrected chi connectivity index (χ2v) is 6.24. The molecule has 1 amide bonds. The van der Waals surface area contributed by atoms with Gasteiger partial charge in [-0.1, -0.05) is 29.3 Å². The topological polar surface area (TPSA) is 38.3 Å². The highest BCUT2D eigenvalue weighted by atomic mass is 35.5. The predicted octanol–water partition coefficient (Wildman–Crippen LogP) is 3.94. The Morgan fingerprint density at radius 2 is 1.82 bits per heavy atom. The van der Waals surface area contributed by atoms with Crippen LogP contribution < -0.4 is 10.1 Å². The van der Waals surface area contributed by atoms with Gasteiger partial charge in [-0.2, -0.15) is 0 Å². The first-order valence-electron chi connectivity index (χ1n) is 6.98. The molecular weight excluding hydrogens is 318 g/mol. The molecule has 2 aromatic rings. The van der Waals surface area contributed by atoms with Crippen molar-refractivity contribution in [3.63, 3.8) is 0 Å². The van der Waals surface area contributed by atoms with Crippen LogP contribution in [0.5, 0.6) is 5.75 Å². The molecule has 2 rings (SSSR count). The minimum Gasteiger partial charge on any atom is -0.492 e. The number of benzene rings is 2. The Morgan fingerprint density at radius 3 is 2.50 bits per heavy atom. The lowest BCUT2D eigenvalue weighted by molar-refractivity contribution is -0.118. The van der Waals surface area contributed by atoms with Gasteiger partial charge in [-0.15, -0.1) is 11.8 Å². The van der Waals surface area contributed by atoms with E-state index in [0.29, 0.717) is 23.9 Å². The predicted molar refractivity (Wildman–Crippen MR) is 91.9 cm³/mol. The largest absolute Gasteiger partial charge is 0.492 e. The maximum Gasteiger partial charge on any atom is 0.230 e. The second-order valence-electron chi connectivity index (χ2n) is 4.75. The molecule has 0 bridgehead atoms. The van der Waals surface area contributed by atoms with E-state index < -0.39 is 0 Å². The zero-order valence-electron chi connectivity index (χ0n) is 12.3. The number of carbonyl (C=O) groups excluding carboxylic acids is 1. The lowest BCUT2D eigenvalue weighted by Crippen LogP contribution is -2.29. The van der Waals surface area contributed by atoms with Crippen LogP contribution in [0.1, 0.15) is 5.56 Å². The van der Waals surface area contributed by atoms with Crippen LogP contribution in [-0.4, -0.2) is 24.8 Å². The van der Waals surface area contributed by atoms with Crippen molar-refractivity contribution < 1.29 is 9.53 Å².